The molecule has 7 aromatic carbocycles. The molecule has 0 unspecified atom stereocenters. The van der Waals surface area contributed by atoms with Crippen LogP contribution in [0.4, 0.5) is 0 Å². The van der Waals surface area contributed by atoms with Crippen molar-refractivity contribution in [3.63, 3.8) is 0 Å². The van der Waals surface area contributed by atoms with Crippen LogP contribution in [0.1, 0.15) is 0 Å². The summed E-state index contributed by atoms with van der Waals surface area (Å²) < 4.78 is 8.50. The van der Waals surface area contributed by atoms with Gasteiger partial charge < -0.3 is 8.98 Å². The van der Waals surface area contributed by atoms with Crippen molar-refractivity contribution in [1.82, 2.24) is 4.57 Å². The molecule has 0 aliphatic rings. The van der Waals surface area contributed by atoms with Crippen LogP contribution in [-0.2, 0) is 0 Å². The van der Waals surface area contributed by atoms with Gasteiger partial charge in [0, 0.05) is 27.2 Å². The molecule has 3 heteroatoms. The van der Waals surface area contributed by atoms with Crippen LogP contribution in [0.2, 0.25) is 5.02 Å². The average molecular weight is 596 g/mol. The summed E-state index contributed by atoms with van der Waals surface area (Å²) in [5, 5.41) is 5.11. The molecule has 0 spiro atoms. The van der Waals surface area contributed by atoms with Crippen LogP contribution >= 0.6 is 11.6 Å². The fourth-order valence-corrected chi connectivity index (χ4v) is 6.98. The molecule has 0 bridgehead atoms. The number of benzene rings is 7. The molecule has 0 fully saturated rings. The topological polar surface area (TPSA) is 18.1 Å². The second kappa shape index (κ2) is 10.3. The second-order valence-electron chi connectivity index (χ2n) is 11.5. The van der Waals surface area contributed by atoms with E-state index < -0.39 is 0 Å². The van der Waals surface area contributed by atoms with Gasteiger partial charge in [0.15, 0.2) is 0 Å². The van der Waals surface area contributed by atoms with Gasteiger partial charge >= 0.3 is 0 Å². The number of halogens is 1. The SMILES string of the molecule is Clc1cccc2oc3ccc(-c4ccc5c(c4)c4cc(-c6ccccc6)ccc4n5-c4cccc(-c5ccccc5)c4)cc3c12. The van der Waals surface area contributed by atoms with Crippen LogP contribution in [0.3, 0.4) is 0 Å². The van der Waals surface area contributed by atoms with Gasteiger partial charge in [-0.15, -0.1) is 0 Å². The van der Waals surface area contributed by atoms with Crippen LogP contribution in [-0.4, -0.2) is 4.57 Å². The van der Waals surface area contributed by atoms with E-state index in [-0.39, 0.29) is 0 Å². The van der Waals surface area contributed by atoms with E-state index in [1.165, 1.54) is 44.1 Å². The van der Waals surface area contributed by atoms with Gasteiger partial charge in [-0.1, -0.05) is 109 Å². The number of hydrogen-bond donors (Lipinski definition) is 0. The Labute approximate surface area is 265 Å². The summed E-state index contributed by atoms with van der Waals surface area (Å²) in [5.41, 5.74) is 12.2. The Morgan fingerprint density at radius 1 is 0.400 bits per heavy atom. The van der Waals surface area contributed by atoms with E-state index in [1.54, 1.807) is 0 Å². The van der Waals surface area contributed by atoms with Crippen molar-refractivity contribution in [2.24, 2.45) is 0 Å². The van der Waals surface area contributed by atoms with Gasteiger partial charge in [-0.2, -0.15) is 0 Å². The largest absolute Gasteiger partial charge is 0.456 e. The van der Waals surface area contributed by atoms with Gasteiger partial charge in [0.25, 0.3) is 0 Å². The third kappa shape index (κ3) is 4.26. The van der Waals surface area contributed by atoms with Crippen molar-refractivity contribution >= 4 is 55.3 Å². The van der Waals surface area contributed by atoms with Crippen LogP contribution < -0.4 is 0 Å². The van der Waals surface area contributed by atoms with Crippen LogP contribution in [0.15, 0.2) is 162 Å². The van der Waals surface area contributed by atoms with Crippen LogP contribution in [0.5, 0.6) is 0 Å². The Bertz CT molecular complexity index is 2540. The average Bonchev–Trinajstić information content (AvgIpc) is 3.64. The molecule has 212 valence electrons. The van der Waals surface area contributed by atoms with Gasteiger partial charge in [0.05, 0.1) is 16.1 Å². The molecule has 2 heterocycles. The maximum Gasteiger partial charge on any atom is 0.136 e. The highest BCUT2D eigenvalue weighted by Crippen LogP contribution is 2.40. The van der Waals surface area contributed by atoms with Crippen molar-refractivity contribution in [2.45, 2.75) is 0 Å². The van der Waals surface area contributed by atoms with E-state index in [1.807, 2.05) is 18.2 Å². The Morgan fingerprint density at radius 2 is 0.933 bits per heavy atom. The van der Waals surface area contributed by atoms with Gasteiger partial charge in [-0.05, 0) is 94.0 Å². The highest BCUT2D eigenvalue weighted by Gasteiger charge is 2.16. The molecule has 0 atom stereocenters. The van der Waals surface area contributed by atoms with Crippen molar-refractivity contribution in [1.29, 1.82) is 0 Å². The zero-order valence-corrected chi connectivity index (χ0v) is 25.0. The minimum absolute atomic E-state index is 0.702. The maximum atomic E-state index is 6.63. The normalized spacial score (nSPS) is 11.7. The summed E-state index contributed by atoms with van der Waals surface area (Å²) >= 11 is 6.63. The lowest BCUT2D eigenvalue weighted by molar-refractivity contribution is 0.669. The third-order valence-electron chi connectivity index (χ3n) is 8.86. The summed E-state index contributed by atoms with van der Waals surface area (Å²) in [5.74, 6) is 0. The molecule has 45 heavy (non-hydrogen) atoms. The highest BCUT2D eigenvalue weighted by molar-refractivity contribution is 6.37. The molecule has 0 N–H and O–H groups in total. The number of furan rings is 1. The molecule has 2 nitrogen and oxygen atoms in total. The number of fused-ring (bicyclic) bond motifs is 6. The summed E-state index contributed by atoms with van der Waals surface area (Å²) in [7, 11) is 0. The smallest absolute Gasteiger partial charge is 0.136 e. The first-order valence-corrected chi connectivity index (χ1v) is 15.5. The molecule has 0 aliphatic heterocycles. The molecule has 0 radical (unpaired) electrons. The molecule has 0 saturated heterocycles. The van der Waals surface area contributed by atoms with E-state index in [0.29, 0.717) is 5.02 Å². The van der Waals surface area contributed by atoms with Gasteiger partial charge in [0.1, 0.15) is 11.2 Å². The van der Waals surface area contributed by atoms with Crippen molar-refractivity contribution in [3.8, 4) is 39.1 Å². The Morgan fingerprint density at radius 3 is 1.60 bits per heavy atom. The Balaban J connectivity index is 1.28. The molecule has 9 rings (SSSR count). The van der Waals surface area contributed by atoms with Gasteiger partial charge in [-0.3, -0.25) is 0 Å². The monoisotopic (exact) mass is 595 g/mol. The molecule has 2 aromatic heterocycles. The number of aromatic nitrogens is 1. The van der Waals surface area contributed by atoms with E-state index in [0.717, 1.165) is 38.8 Å². The molecule has 0 saturated carbocycles. The lowest BCUT2D eigenvalue weighted by Crippen LogP contribution is -1.94. The summed E-state index contributed by atoms with van der Waals surface area (Å²) in [6.45, 7) is 0. The summed E-state index contributed by atoms with van der Waals surface area (Å²) in [4.78, 5) is 0. The van der Waals surface area contributed by atoms with E-state index in [2.05, 4.69) is 144 Å². The van der Waals surface area contributed by atoms with Gasteiger partial charge in [0.2, 0.25) is 0 Å². The fraction of sp³-hybridized carbons (Fsp3) is 0. The van der Waals surface area contributed by atoms with Crippen LogP contribution in [0.25, 0.3) is 82.8 Å². The summed E-state index contributed by atoms with van der Waals surface area (Å²) in [6, 6.07) is 55.8. The fourth-order valence-electron chi connectivity index (χ4n) is 6.71. The second-order valence-corrected chi connectivity index (χ2v) is 11.9. The van der Waals surface area contributed by atoms with Crippen molar-refractivity contribution < 1.29 is 4.42 Å². The van der Waals surface area contributed by atoms with Crippen molar-refractivity contribution in [2.75, 3.05) is 0 Å². The quantitative estimate of drug-likeness (QED) is 0.198. The first-order valence-electron chi connectivity index (χ1n) is 15.1. The first-order chi connectivity index (χ1) is 22.2. The van der Waals surface area contributed by atoms with E-state index in [4.69, 9.17) is 16.0 Å². The molecular formula is C42H26ClNO. The maximum absolute atomic E-state index is 6.63. The number of rotatable bonds is 4. The van der Waals surface area contributed by atoms with Gasteiger partial charge in [-0.25, -0.2) is 0 Å². The number of hydrogen-bond acceptors (Lipinski definition) is 1. The zero-order chi connectivity index (χ0) is 29.9. The van der Waals surface area contributed by atoms with Crippen molar-refractivity contribution in [3.05, 3.63) is 163 Å². The first kappa shape index (κ1) is 25.9. The summed E-state index contributed by atoms with van der Waals surface area (Å²) in [6.07, 6.45) is 0. The number of nitrogens with zero attached hydrogens (tertiary/aromatic N) is 1. The lowest BCUT2D eigenvalue weighted by Gasteiger charge is -2.11. The molecule has 0 aliphatic carbocycles. The predicted octanol–water partition coefficient (Wildman–Crippen LogP) is 12.3. The highest BCUT2D eigenvalue weighted by atomic mass is 35.5. The molecule has 9 aromatic rings. The zero-order valence-electron chi connectivity index (χ0n) is 24.2. The molecule has 0 amide bonds. The minimum atomic E-state index is 0.702. The van der Waals surface area contributed by atoms with Crippen LogP contribution in [0, 0.1) is 0 Å². The standard InChI is InChI=1S/C42H26ClNO/c43-37-15-8-16-41-42(37)36-26-32(19-22-40(36)45-41)31-18-21-39-35(25-31)34-24-30(28-11-5-2-6-12-28)17-20-38(34)44(39)33-14-7-13-29(23-33)27-9-3-1-4-10-27/h1-26H. The Hall–Kier alpha value is -5.57. The Kier molecular flexibility index (Phi) is 5.90. The predicted molar refractivity (Wildman–Crippen MR) is 189 cm³/mol. The van der Waals surface area contributed by atoms with E-state index >= 15 is 0 Å². The molecular weight excluding hydrogens is 570 g/mol. The lowest BCUT2D eigenvalue weighted by atomic mass is 9.99. The van der Waals surface area contributed by atoms with E-state index in [9.17, 15) is 0 Å². The third-order valence-corrected chi connectivity index (χ3v) is 9.18. The minimum Gasteiger partial charge on any atom is -0.456 e.